The van der Waals surface area contributed by atoms with Crippen LogP contribution in [0.5, 0.6) is 5.75 Å². The maximum Gasteiger partial charge on any atom is 0.326 e. The van der Waals surface area contributed by atoms with Crippen molar-refractivity contribution >= 4 is 11.9 Å². The van der Waals surface area contributed by atoms with E-state index in [4.69, 9.17) is 9.84 Å². The van der Waals surface area contributed by atoms with Crippen LogP contribution in [0.3, 0.4) is 0 Å². The molecule has 0 spiro atoms. The standard InChI is InChI=1S/C16H23NO4/c1-10(2)15(16(19)20)17-14(18)9-11(3)12-5-7-13(21-4)8-6-12/h5-8,10-11,15H,9H2,1-4H3,(H,17,18)(H,19,20)/t11?,15-/m1/s1. The van der Waals surface area contributed by atoms with Gasteiger partial charge in [0.25, 0.3) is 0 Å². The van der Waals surface area contributed by atoms with Crippen molar-refractivity contribution < 1.29 is 19.4 Å². The van der Waals surface area contributed by atoms with Crippen LogP contribution in [0, 0.1) is 5.92 Å². The number of hydrogen-bond donors (Lipinski definition) is 2. The predicted octanol–water partition coefficient (Wildman–Crippen LogP) is 2.41. The highest BCUT2D eigenvalue weighted by Crippen LogP contribution is 2.21. The number of carbonyl (C=O) groups excluding carboxylic acids is 1. The van der Waals surface area contributed by atoms with Gasteiger partial charge in [0.15, 0.2) is 0 Å². The largest absolute Gasteiger partial charge is 0.497 e. The van der Waals surface area contributed by atoms with Crippen LogP contribution in [-0.4, -0.2) is 30.1 Å². The van der Waals surface area contributed by atoms with Crippen molar-refractivity contribution in [3.8, 4) is 5.75 Å². The molecule has 1 rings (SSSR count). The smallest absolute Gasteiger partial charge is 0.326 e. The van der Waals surface area contributed by atoms with Crippen LogP contribution in [-0.2, 0) is 9.59 Å². The Labute approximate surface area is 125 Å². The van der Waals surface area contributed by atoms with E-state index in [0.717, 1.165) is 11.3 Å². The minimum absolute atomic E-state index is 0.0116. The second-order valence-corrected chi connectivity index (χ2v) is 5.51. The third-order valence-electron chi connectivity index (χ3n) is 3.43. The number of aliphatic carboxylic acids is 1. The zero-order valence-electron chi connectivity index (χ0n) is 12.9. The Hall–Kier alpha value is -2.04. The monoisotopic (exact) mass is 293 g/mol. The Bertz CT molecular complexity index is 482. The molecule has 0 aliphatic rings. The second kappa shape index (κ2) is 7.67. The molecule has 1 aromatic carbocycles. The van der Waals surface area contributed by atoms with Crippen LogP contribution in [0.15, 0.2) is 24.3 Å². The highest BCUT2D eigenvalue weighted by atomic mass is 16.5. The van der Waals surface area contributed by atoms with Gasteiger partial charge in [-0.3, -0.25) is 4.79 Å². The van der Waals surface area contributed by atoms with Crippen molar-refractivity contribution in [3.63, 3.8) is 0 Å². The fourth-order valence-corrected chi connectivity index (χ4v) is 2.07. The summed E-state index contributed by atoms with van der Waals surface area (Å²) in [7, 11) is 1.60. The highest BCUT2D eigenvalue weighted by Gasteiger charge is 2.24. The summed E-state index contributed by atoms with van der Waals surface area (Å²) in [6.07, 6.45) is 0.253. The third-order valence-corrected chi connectivity index (χ3v) is 3.43. The maximum absolute atomic E-state index is 12.0. The van der Waals surface area contributed by atoms with Gasteiger partial charge in [0.05, 0.1) is 7.11 Å². The lowest BCUT2D eigenvalue weighted by molar-refractivity contribution is -0.143. The molecule has 0 heterocycles. The molecule has 2 atom stereocenters. The molecule has 1 aromatic rings. The maximum atomic E-state index is 12.0. The van der Waals surface area contributed by atoms with Crippen molar-refractivity contribution in [2.24, 2.45) is 5.92 Å². The van der Waals surface area contributed by atoms with Crippen LogP contribution in [0.25, 0.3) is 0 Å². The number of benzene rings is 1. The molecule has 116 valence electrons. The summed E-state index contributed by atoms with van der Waals surface area (Å²) in [6, 6.07) is 6.66. The number of nitrogens with one attached hydrogen (secondary N) is 1. The third kappa shape index (κ3) is 5.10. The number of rotatable bonds is 7. The first-order chi connectivity index (χ1) is 9.85. The van der Waals surface area contributed by atoms with Gasteiger partial charge >= 0.3 is 5.97 Å². The number of ether oxygens (including phenoxy) is 1. The summed E-state index contributed by atoms with van der Waals surface area (Å²) >= 11 is 0. The quantitative estimate of drug-likeness (QED) is 0.809. The number of carboxylic acids is 1. The van der Waals surface area contributed by atoms with Crippen LogP contribution in [0.4, 0.5) is 0 Å². The Morgan fingerprint density at radius 2 is 1.76 bits per heavy atom. The van der Waals surface area contributed by atoms with Crippen molar-refractivity contribution in [2.75, 3.05) is 7.11 Å². The van der Waals surface area contributed by atoms with E-state index in [9.17, 15) is 9.59 Å². The molecule has 0 saturated carbocycles. The van der Waals surface area contributed by atoms with E-state index in [0.29, 0.717) is 0 Å². The molecule has 0 radical (unpaired) electrons. The molecule has 5 heteroatoms. The Morgan fingerprint density at radius 3 is 2.19 bits per heavy atom. The number of carbonyl (C=O) groups is 2. The van der Waals surface area contributed by atoms with Crippen molar-refractivity contribution in [1.82, 2.24) is 5.32 Å². The van der Waals surface area contributed by atoms with E-state index in [1.54, 1.807) is 21.0 Å². The van der Waals surface area contributed by atoms with Gasteiger partial charge in [-0.05, 0) is 29.5 Å². The van der Waals surface area contributed by atoms with E-state index in [1.807, 2.05) is 31.2 Å². The topological polar surface area (TPSA) is 75.6 Å². The molecule has 0 aliphatic heterocycles. The summed E-state index contributed by atoms with van der Waals surface area (Å²) in [5.74, 6) is -0.628. The molecular formula is C16H23NO4. The minimum Gasteiger partial charge on any atom is -0.497 e. The number of carboxylic acid groups (broad SMARTS) is 1. The molecule has 5 nitrogen and oxygen atoms in total. The second-order valence-electron chi connectivity index (χ2n) is 5.51. The number of amides is 1. The van der Waals surface area contributed by atoms with Crippen LogP contribution in [0.1, 0.15) is 38.7 Å². The van der Waals surface area contributed by atoms with Gasteiger partial charge in [-0.15, -0.1) is 0 Å². The summed E-state index contributed by atoms with van der Waals surface area (Å²) < 4.78 is 5.09. The van der Waals surface area contributed by atoms with E-state index in [-0.39, 0.29) is 24.2 Å². The molecule has 0 fully saturated rings. The first kappa shape index (κ1) is 17.0. The van der Waals surface area contributed by atoms with E-state index >= 15 is 0 Å². The fourth-order valence-electron chi connectivity index (χ4n) is 2.07. The normalized spacial score (nSPS) is 13.6. The highest BCUT2D eigenvalue weighted by molar-refractivity contribution is 5.84. The Morgan fingerprint density at radius 1 is 1.19 bits per heavy atom. The average Bonchev–Trinajstić information content (AvgIpc) is 2.44. The van der Waals surface area contributed by atoms with Crippen LogP contribution in [0.2, 0.25) is 0 Å². The molecule has 0 aliphatic carbocycles. The predicted molar refractivity (Wildman–Crippen MR) is 80.4 cm³/mol. The van der Waals surface area contributed by atoms with Gasteiger partial charge in [0.2, 0.25) is 5.91 Å². The van der Waals surface area contributed by atoms with E-state index < -0.39 is 12.0 Å². The van der Waals surface area contributed by atoms with Gasteiger partial charge in [-0.1, -0.05) is 32.9 Å². The lowest BCUT2D eigenvalue weighted by atomic mass is 9.96. The summed E-state index contributed by atoms with van der Waals surface area (Å²) in [5.41, 5.74) is 1.02. The number of methoxy groups -OCH3 is 1. The minimum atomic E-state index is -1.00. The van der Waals surface area contributed by atoms with Crippen molar-refractivity contribution in [1.29, 1.82) is 0 Å². The van der Waals surface area contributed by atoms with Crippen LogP contribution >= 0.6 is 0 Å². The molecule has 0 aromatic heterocycles. The molecule has 1 amide bonds. The average molecular weight is 293 g/mol. The lowest BCUT2D eigenvalue weighted by Gasteiger charge is -2.19. The van der Waals surface area contributed by atoms with Gasteiger partial charge in [0, 0.05) is 6.42 Å². The molecule has 1 unspecified atom stereocenters. The van der Waals surface area contributed by atoms with Gasteiger partial charge in [-0.2, -0.15) is 0 Å². The zero-order valence-corrected chi connectivity index (χ0v) is 12.9. The first-order valence-corrected chi connectivity index (χ1v) is 7.01. The number of hydrogen-bond acceptors (Lipinski definition) is 3. The summed E-state index contributed by atoms with van der Waals surface area (Å²) in [6.45, 7) is 5.48. The van der Waals surface area contributed by atoms with Gasteiger partial charge < -0.3 is 15.2 Å². The van der Waals surface area contributed by atoms with Gasteiger partial charge in [0.1, 0.15) is 11.8 Å². The zero-order chi connectivity index (χ0) is 16.0. The SMILES string of the molecule is COc1ccc(C(C)CC(=O)N[C@@H](C(=O)O)C(C)C)cc1. The van der Waals surface area contributed by atoms with Crippen molar-refractivity contribution in [2.45, 2.75) is 39.2 Å². The summed E-state index contributed by atoms with van der Waals surface area (Å²) in [4.78, 5) is 23.0. The van der Waals surface area contributed by atoms with E-state index in [1.165, 1.54) is 0 Å². The molecule has 2 N–H and O–H groups in total. The Kier molecular flexibility index (Phi) is 6.21. The van der Waals surface area contributed by atoms with Crippen LogP contribution < -0.4 is 10.1 Å². The van der Waals surface area contributed by atoms with Crippen molar-refractivity contribution in [3.05, 3.63) is 29.8 Å². The molecular weight excluding hydrogens is 270 g/mol. The van der Waals surface area contributed by atoms with E-state index in [2.05, 4.69) is 5.32 Å². The molecule has 21 heavy (non-hydrogen) atoms. The van der Waals surface area contributed by atoms with Gasteiger partial charge in [-0.25, -0.2) is 4.79 Å². The fraction of sp³-hybridized carbons (Fsp3) is 0.500. The first-order valence-electron chi connectivity index (χ1n) is 7.01. The lowest BCUT2D eigenvalue weighted by Crippen LogP contribution is -2.44. The molecule has 0 saturated heterocycles. The Balaban J connectivity index is 2.62. The summed E-state index contributed by atoms with van der Waals surface area (Å²) in [5, 5.41) is 11.6. The molecule has 0 bridgehead atoms.